The molecule has 1 amide bonds. The standard InChI is InChI=1S/C18H20N2O3S/c1-23-18(22)15(9-11-24-2)20-17(21)16-12-14(8-10-19-16)13-6-4-3-5-7-13/h3-8,10,12,15H,9,11H2,1-2H3,(H,20,21)/t15-/m0/s1. The zero-order valence-corrected chi connectivity index (χ0v) is 14.5. The van der Waals surface area contributed by atoms with Crippen molar-refractivity contribution in [2.24, 2.45) is 0 Å². The Morgan fingerprint density at radius 3 is 2.62 bits per heavy atom. The van der Waals surface area contributed by atoms with Gasteiger partial charge < -0.3 is 10.1 Å². The predicted molar refractivity (Wildman–Crippen MR) is 95.9 cm³/mol. The van der Waals surface area contributed by atoms with Gasteiger partial charge in [0.05, 0.1) is 7.11 Å². The Morgan fingerprint density at radius 2 is 1.96 bits per heavy atom. The van der Waals surface area contributed by atoms with Gasteiger partial charge in [0.25, 0.3) is 5.91 Å². The van der Waals surface area contributed by atoms with Gasteiger partial charge in [-0.15, -0.1) is 0 Å². The number of pyridine rings is 1. The Bertz CT molecular complexity index is 692. The first kappa shape index (κ1) is 18.0. The molecule has 6 heteroatoms. The van der Waals surface area contributed by atoms with E-state index in [-0.39, 0.29) is 11.6 Å². The van der Waals surface area contributed by atoms with Gasteiger partial charge in [-0.25, -0.2) is 4.79 Å². The number of nitrogens with zero attached hydrogens (tertiary/aromatic N) is 1. The minimum atomic E-state index is -0.669. The minimum Gasteiger partial charge on any atom is -0.467 e. The number of rotatable bonds is 7. The summed E-state index contributed by atoms with van der Waals surface area (Å²) in [6.07, 6.45) is 4.05. The fourth-order valence-electron chi connectivity index (χ4n) is 2.22. The number of methoxy groups -OCH3 is 1. The zero-order chi connectivity index (χ0) is 17.4. The molecule has 0 aliphatic heterocycles. The average Bonchev–Trinajstić information content (AvgIpc) is 2.65. The maximum atomic E-state index is 12.4. The quantitative estimate of drug-likeness (QED) is 0.782. The molecule has 0 unspecified atom stereocenters. The van der Waals surface area contributed by atoms with E-state index < -0.39 is 12.0 Å². The molecular formula is C18H20N2O3S. The first-order chi connectivity index (χ1) is 11.7. The molecule has 0 spiro atoms. The molecule has 126 valence electrons. The maximum absolute atomic E-state index is 12.4. The van der Waals surface area contributed by atoms with Crippen LogP contribution < -0.4 is 5.32 Å². The molecule has 0 radical (unpaired) electrons. The van der Waals surface area contributed by atoms with E-state index in [0.717, 1.165) is 16.9 Å². The van der Waals surface area contributed by atoms with Gasteiger partial charge in [0.1, 0.15) is 11.7 Å². The average molecular weight is 344 g/mol. The van der Waals surface area contributed by atoms with Crippen LogP contribution in [0.3, 0.4) is 0 Å². The first-order valence-electron chi connectivity index (χ1n) is 7.54. The molecule has 1 heterocycles. The van der Waals surface area contributed by atoms with E-state index in [9.17, 15) is 9.59 Å². The summed E-state index contributed by atoms with van der Waals surface area (Å²) in [6.45, 7) is 0. The van der Waals surface area contributed by atoms with Gasteiger partial charge in [0.15, 0.2) is 0 Å². The largest absolute Gasteiger partial charge is 0.467 e. The summed E-state index contributed by atoms with van der Waals surface area (Å²) in [4.78, 5) is 28.4. The molecule has 0 aliphatic rings. The van der Waals surface area contributed by atoms with E-state index in [4.69, 9.17) is 4.74 Å². The number of amides is 1. The zero-order valence-electron chi connectivity index (χ0n) is 13.7. The van der Waals surface area contributed by atoms with Crippen molar-refractivity contribution in [3.8, 4) is 11.1 Å². The number of aromatic nitrogens is 1. The van der Waals surface area contributed by atoms with Crippen molar-refractivity contribution in [1.29, 1.82) is 0 Å². The highest BCUT2D eigenvalue weighted by molar-refractivity contribution is 7.98. The molecule has 24 heavy (non-hydrogen) atoms. The molecule has 2 aromatic rings. The van der Waals surface area contributed by atoms with Gasteiger partial charge in [-0.05, 0) is 41.7 Å². The van der Waals surface area contributed by atoms with Crippen molar-refractivity contribution >= 4 is 23.6 Å². The van der Waals surface area contributed by atoms with Crippen LogP contribution in [0.4, 0.5) is 0 Å². The lowest BCUT2D eigenvalue weighted by Gasteiger charge is -2.16. The lowest BCUT2D eigenvalue weighted by Crippen LogP contribution is -2.42. The highest BCUT2D eigenvalue weighted by atomic mass is 32.2. The maximum Gasteiger partial charge on any atom is 0.328 e. The molecule has 1 atom stereocenters. The topological polar surface area (TPSA) is 68.3 Å². The van der Waals surface area contributed by atoms with Crippen molar-refractivity contribution in [1.82, 2.24) is 10.3 Å². The van der Waals surface area contributed by atoms with Crippen LogP contribution in [0, 0.1) is 0 Å². The molecule has 0 aliphatic carbocycles. The summed E-state index contributed by atoms with van der Waals surface area (Å²) >= 11 is 1.61. The molecule has 1 N–H and O–H groups in total. The third-order valence-corrected chi connectivity index (χ3v) is 4.15. The highest BCUT2D eigenvalue weighted by Gasteiger charge is 2.22. The van der Waals surface area contributed by atoms with E-state index in [0.29, 0.717) is 6.42 Å². The summed E-state index contributed by atoms with van der Waals surface area (Å²) in [6, 6.07) is 12.6. The van der Waals surface area contributed by atoms with E-state index in [1.807, 2.05) is 42.7 Å². The first-order valence-corrected chi connectivity index (χ1v) is 8.94. The van der Waals surface area contributed by atoms with Crippen LogP contribution in [0.1, 0.15) is 16.9 Å². The fourth-order valence-corrected chi connectivity index (χ4v) is 2.70. The Hall–Kier alpha value is -2.34. The lowest BCUT2D eigenvalue weighted by molar-refractivity contribution is -0.142. The SMILES string of the molecule is COC(=O)[C@H](CCSC)NC(=O)c1cc(-c2ccccc2)ccn1. The summed E-state index contributed by atoms with van der Waals surface area (Å²) < 4.78 is 4.76. The third kappa shape index (κ3) is 4.83. The molecular weight excluding hydrogens is 324 g/mol. The molecule has 1 aromatic heterocycles. The van der Waals surface area contributed by atoms with E-state index in [1.165, 1.54) is 7.11 Å². The summed E-state index contributed by atoms with van der Waals surface area (Å²) in [5.74, 6) is -0.0850. The Morgan fingerprint density at radius 1 is 1.21 bits per heavy atom. The molecule has 5 nitrogen and oxygen atoms in total. The smallest absolute Gasteiger partial charge is 0.328 e. The van der Waals surface area contributed by atoms with Crippen LogP contribution in [0.2, 0.25) is 0 Å². The number of ether oxygens (including phenoxy) is 1. The number of hydrogen-bond acceptors (Lipinski definition) is 5. The number of nitrogens with one attached hydrogen (secondary N) is 1. The number of carbonyl (C=O) groups is 2. The van der Waals surface area contributed by atoms with Gasteiger partial charge in [0.2, 0.25) is 0 Å². The normalized spacial score (nSPS) is 11.6. The monoisotopic (exact) mass is 344 g/mol. The van der Waals surface area contributed by atoms with Gasteiger partial charge in [0, 0.05) is 6.20 Å². The van der Waals surface area contributed by atoms with Crippen molar-refractivity contribution in [2.75, 3.05) is 19.1 Å². The Balaban J connectivity index is 2.15. The number of benzene rings is 1. The van der Waals surface area contributed by atoms with E-state index >= 15 is 0 Å². The van der Waals surface area contributed by atoms with Gasteiger partial charge >= 0.3 is 5.97 Å². The highest BCUT2D eigenvalue weighted by Crippen LogP contribution is 2.18. The molecule has 0 saturated carbocycles. The van der Waals surface area contributed by atoms with E-state index in [1.54, 1.807) is 24.0 Å². The predicted octanol–water partition coefficient (Wildman–Crippen LogP) is 2.77. The van der Waals surface area contributed by atoms with Gasteiger partial charge in [-0.2, -0.15) is 11.8 Å². The third-order valence-electron chi connectivity index (χ3n) is 3.50. The summed E-state index contributed by atoms with van der Waals surface area (Å²) in [5, 5.41) is 2.71. The molecule has 1 aromatic carbocycles. The number of carbonyl (C=O) groups excluding carboxylic acids is 2. The summed E-state index contributed by atoms with van der Waals surface area (Å²) in [7, 11) is 1.31. The number of esters is 1. The fraction of sp³-hybridized carbons (Fsp3) is 0.278. The minimum absolute atomic E-state index is 0.273. The summed E-state index contributed by atoms with van der Waals surface area (Å²) in [5.41, 5.74) is 2.17. The van der Waals surface area contributed by atoms with Gasteiger partial charge in [-0.1, -0.05) is 30.3 Å². The number of hydrogen-bond donors (Lipinski definition) is 1. The van der Waals surface area contributed by atoms with Crippen molar-refractivity contribution in [2.45, 2.75) is 12.5 Å². The second kappa shape index (κ2) is 9.08. The van der Waals surface area contributed by atoms with Crippen LogP contribution in [0.5, 0.6) is 0 Å². The Labute approximate surface area is 145 Å². The molecule has 2 rings (SSSR count). The second-order valence-electron chi connectivity index (χ2n) is 5.13. The molecule has 0 bridgehead atoms. The second-order valence-corrected chi connectivity index (χ2v) is 6.11. The van der Waals surface area contributed by atoms with Crippen LogP contribution >= 0.6 is 11.8 Å². The van der Waals surface area contributed by atoms with Crippen LogP contribution in [-0.4, -0.2) is 42.0 Å². The molecule has 0 saturated heterocycles. The van der Waals surface area contributed by atoms with Crippen molar-refractivity contribution < 1.29 is 14.3 Å². The van der Waals surface area contributed by atoms with E-state index in [2.05, 4.69) is 10.3 Å². The van der Waals surface area contributed by atoms with Crippen molar-refractivity contribution in [3.63, 3.8) is 0 Å². The van der Waals surface area contributed by atoms with Crippen LogP contribution in [0.25, 0.3) is 11.1 Å². The number of thioether (sulfide) groups is 1. The van der Waals surface area contributed by atoms with Crippen LogP contribution in [0.15, 0.2) is 48.7 Å². The molecule has 0 fully saturated rings. The van der Waals surface area contributed by atoms with Gasteiger partial charge in [-0.3, -0.25) is 9.78 Å². The Kier molecular flexibility index (Phi) is 6.81. The van der Waals surface area contributed by atoms with Crippen molar-refractivity contribution in [3.05, 3.63) is 54.4 Å². The van der Waals surface area contributed by atoms with Crippen LogP contribution in [-0.2, 0) is 9.53 Å². The lowest BCUT2D eigenvalue weighted by atomic mass is 10.1.